The number of carboxylic acid groups (broad SMARTS) is 1. The first-order chi connectivity index (χ1) is 15.8. The molecule has 0 saturated carbocycles. The van der Waals surface area contributed by atoms with Gasteiger partial charge in [-0.3, -0.25) is 9.59 Å². The fourth-order valence-corrected chi connectivity index (χ4v) is 3.45. The van der Waals surface area contributed by atoms with E-state index in [4.69, 9.17) is 14.7 Å². The van der Waals surface area contributed by atoms with Crippen molar-refractivity contribution in [1.29, 1.82) is 0 Å². The lowest BCUT2D eigenvalue weighted by molar-refractivity contribution is -0.280. The monoisotopic (exact) mass is 454 g/mol. The topological polar surface area (TPSA) is 82.1 Å². The molecule has 33 heavy (non-hydrogen) atoms. The lowest BCUT2D eigenvalue weighted by Crippen LogP contribution is -2.27. The smallest absolute Gasteiger partial charge is 0.312 e. The van der Waals surface area contributed by atoms with Crippen LogP contribution in [-0.4, -0.2) is 37.9 Å². The molecule has 0 aliphatic carbocycles. The Labute approximate surface area is 196 Å². The lowest BCUT2D eigenvalue weighted by Gasteiger charge is -2.22. The normalized spacial score (nSPS) is 13.0. The average Bonchev–Trinajstić information content (AvgIpc) is 2.80. The van der Waals surface area contributed by atoms with Crippen LogP contribution in [0.4, 0.5) is 0 Å². The van der Waals surface area contributed by atoms with Gasteiger partial charge in [-0.05, 0) is 25.0 Å². The van der Waals surface area contributed by atoms with Gasteiger partial charge in [-0.1, -0.05) is 71.8 Å². The number of benzene rings is 2. The number of aryl methyl sites for hydroxylation is 2. The summed E-state index contributed by atoms with van der Waals surface area (Å²) in [4.78, 5) is 31.9. The number of methoxy groups -OCH3 is 1. The van der Waals surface area contributed by atoms with Crippen molar-refractivity contribution >= 4 is 11.9 Å². The minimum atomic E-state index is -0.795. The van der Waals surface area contributed by atoms with Crippen LogP contribution in [0.1, 0.15) is 40.5 Å². The molecule has 0 radical (unpaired) electrons. The summed E-state index contributed by atoms with van der Waals surface area (Å²) in [5.41, 5.74) is 4.29. The second-order valence-electron chi connectivity index (χ2n) is 7.61. The van der Waals surface area contributed by atoms with E-state index in [-0.39, 0.29) is 30.8 Å². The third-order valence-electron chi connectivity index (χ3n) is 5.13. The molecule has 0 aliphatic heterocycles. The number of aliphatic carboxylic acids is 1. The van der Waals surface area contributed by atoms with Gasteiger partial charge in [0.2, 0.25) is 0 Å². The van der Waals surface area contributed by atoms with E-state index in [1.54, 1.807) is 12.2 Å². The Kier molecular flexibility index (Phi) is 12.4. The molecule has 1 N–H and O–H groups in total. The van der Waals surface area contributed by atoms with Crippen LogP contribution >= 0.6 is 0 Å². The van der Waals surface area contributed by atoms with Crippen LogP contribution in [0.15, 0.2) is 73.8 Å². The van der Waals surface area contributed by atoms with Crippen molar-refractivity contribution in [3.63, 3.8) is 0 Å². The zero-order valence-corrected chi connectivity index (χ0v) is 19.8. The standard InChI is InChI=1S/C15H20O4.C12H14O2/c1-5-13(12-8-6-7-11(2)9-12)14(10-19-18-4)15(16)17-3;1-3-10(8-12(13)14)11-6-4-5-9(2)7-11/h5-9,13-14H,1,10H2,2-4H3;3-7,10H,1,8H2,2H3,(H,13,14)/t13-,14?;10-/m01/s1. The maximum Gasteiger partial charge on any atom is 0.312 e. The van der Waals surface area contributed by atoms with Crippen molar-refractivity contribution in [2.24, 2.45) is 5.92 Å². The molecule has 1 unspecified atom stereocenters. The Hall–Kier alpha value is -3.22. The van der Waals surface area contributed by atoms with E-state index in [0.29, 0.717) is 0 Å². The molecule has 6 nitrogen and oxygen atoms in total. The summed E-state index contributed by atoms with van der Waals surface area (Å²) in [6, 6.07) is 15.8. The number of hydrogen-bond donors (Lipinski definition) is 1. The second kappa shape index (κ2) is 14.8. The van der Waals surface area contributed by atoms with Gasteiger partial charge < -0.3 is 9.84 Å². The minimum Gasteiger partial charge on any atom is -0.481 e. The molecule has 178 valence electrons. The molecular formula is C27H34O6. The third-order valence-corrected chi connectivity index (χ3v) is 5.13. The predicted molar refractivity (Wildman–Crippen MR) is 129 cm³/mol. The van der Waals surface area contributed by atoms with Gasteiger partial charge in [-0.15, -0.1) is 13.2 Å². The van der Waals surface area contributed by atoms with E-state index in [1.807, 2.05) is 62.4 Å². The first kappa shape index (κ1) is 27.8. The third kappa shape index (κ3) is 9.43. The molecule has 0 aliphatic rings. The molecule has 0 heterocycles. The largest absolute Gasteiger partial charge is 0.481 e. The molecule has 0 amide bonds. The van der Waals surface area contributed by atoms with Gasteiger partial charge in [-0.25, -0.2) is 9.78 Å². The van der Waals surface area contributed by atoms with Crippen LogP contribution in [-0.2, 0) is 24.1 Å². The van der Waals surface area contributed by atoms with E-state index in [0.717, 1.165) is 22.3 Å². The SMILES string of the molecule is C=C[C@@H](c1cccc(C)c1)C(COOC)C(=O)OC.C=C[C@H](CC(=O)O)c1cccc(C)c1. The van der Waals surface area contributed by atoms with Crippen molar-refractivity contribution in [2.75, 3.05) is 20.8 Å². The molecule has 0 spiro atoms. The van der Waals surface area contributed by atoms with Gasteiger partial charge in [0.05, 0.1) is 33.2 Å². The van der Waals surface area contributed by atoms with Crippen LogP contribution < -0.4 is 0 Å². The van der Waals surface area contributed by atoms with Gasteiger partial charge in [-0.2, -0.15) is 0 Å². The number of carboxylic acids is 1. The molecule has 3 atom stereocenters. The number of rotatable bonds is 11. The van der Waals surface area contributed by atoms with Crippen LogP contribution in [0.5, 0.6) is 0 Å². The summed E-state index contributed by atoms with van der Waals surface area (Å²) in [6.07, 6.45) is 3.52. The van der Waals surface area contributed by atoms with Crippen molar-refractivity contribution in [2.45, 2.75) is 32.1 Å². The van der Waals surface area contributed by atoms with E-state index < -0.39 is 11.9 Å². The van der Waals surface area contributed by atoms with Gasteiger partial charge in [0.25, 0.3) is 0 Å². The molecule has 0 saturated heterocycles. The minimum absolute atomic E-state index is 0.0904. The highest BCUT2D eigenvalue weighted by atomic mass is 17.2. The van der Waals surface area contributed by atoms with Gasteiger partial charge in [0, 0.05) is 11.8 Å². The first-order valence-corrected chi connectivity index (χ1v) is 10.6. The fourth-order valence-electron chi connectivity index (χ4n) is 3.45. The number of allylic oxidation sites excluding steroid dienone is 2. The zero-order chi connectivity index (χ0) is 24.8. The molecule has 0 fully saturated rings. The van der Waals surface area contributed by atoms with Crippen molar-refractivity contribution in [1.82, 2.24) is 0 Å². The first-order valence-electron chi connectivity index (χ1n) is 10.6. The number of hydrogen-bond acceptors (Lipinski definition) is 5. The summed E-state index contributed by atoms with van der Waals surface area (Å²) in [7, 11) is 2.77. The summed E-state index contributed by atoms with van der Waals surface area (Å²) < 4.78 is 4.82. The predicted octanol–water partition coefficient (Wildman–Crippen LogP) is 5.37. The highest BCUT2D eigenvalue weighted by Crippen LogP contribution is 2.28. The number of esters is 1. The van der Waals surface area contributed by atoms with Crippen LogP contribution in [0, 0.1) is 19.8 Å². The number of carbonyl (C=O) groups is 2. The van der Waals surface area contributed by atoms with Crippen LogP contribution in [0.3, 0.4) is 0 Å². The Balaban J connectivity index is 0.000000346. The van der Waals surface area contributed by atoms with Crippen LogP contribution in [0.2, 0.25) is 0 Å². The molecule has 6 heteroatoms. The summed E-state index contributed by atoms with van der Waals surface area (Å²) in [5, 5.41) is 8.70. The Morgan fingerprint density at radius 2 is 1.55 bits per heavy atom. The zero-order valence-electron chi connectivity index (χ0n) is 19.8. The van der Waals surface area contributed by atoms with Crippen molar-refractivity contribution in [3.8, 4) is 0 Å². The molecular weight excluding hydrogens is 420 g/mol. The van der Waals surface area contributed by atoms with Gasteiger partial charge >= 0.3 is 11.9 Å². The number of ether oxygens (including phenoxy) is 1. The highest BCUT2D eigenvalue weighted by molar-refractivity contribution is 5.74. The van der Waals surface area contributed by atoms with E-state index in [2.05, 4.69) is 18.0 Å². The fraction of sp³-hybridized carbons (Fsp3) is 0.333. The summed E-state index contributed by atoms with van der Waals surface area (Å²) >= 11 is 0. The number of carbonyl (C=O) groups excluding carboxylic acids is 1. The molecule has 0 aromatic heterocycles. The van der Waals surface area contributed by atoms with Gasteiger partial charge in [0.15, 0.2) is 0 Å². The van der Waals surface area contributed by atoms with E-state index in [1.165, 1.54) is 14.2 Å². The maximum absolute atomic E-state index is 11.9. The van der Waals surface area contributed by atoms with Crippen LogP contribution in [0.25, 0.3) is 0 Å². The Morgan fingerprint density at radius 3 is 2.00 bits per heavy atom. The molecule has 2 aromatic rings. The highest BCUT2D eigenvalue weighted by Gasteiger charge is 2.29. The molecule has 2 rings (SSSR count). The molecule has 2 aromatic carbocycles. The average molecular weight is 455 g/mol. The Bertz CT molecular complexity index is 920. The Morgan fingerprint density at radius 1 is 0.970 bits per heavy atom. The summed E-state index contributed by atoms with van der Waals surface area (Å²) in [6.45, 7) is 11.6. The quantitative estimate of drug-likeness (QED) is 0.213. The maximum atomic E-state index is 11.9. The lowest BCUT2D eigenvalue weighted by atomic mass is 9.86. The second-order valence-corrected chi connectivity index (χ2v) is 7.61. The van der Waals surface area contributed by atoms with Crippen molar-refractivity contribution < 1.29 is 29.2 Å². The summed E-state index contributed by atoms with van der Waals surface area (Å²) in [5.74, 6) is -1.89. The van der Waals surface area contributed by atoms with Crippen molar-refractivity contribution in [3.05, 3.63) is 96.1 Å². The van der Waals surface area contributed by atoms with E-state index in [9.17, 15) is 9.59 Å². The van der Waals surface area contributed by atoms with Gasteiger partial charge in [0.1, 0.15) is 0 Å². The van der Waals surface area contributed by atoms with E-state index >= 15 is 0 Å². The molecule has 0 bridgehead atoms.